The van der Waals surface area contributed by atoms with Crippen molar-refractivity contribution < 1.29 is 9.59 Å². The van der Waals surface area contributed by atoms with Gasteiger partial charge in [-0.25, -0.2) is 4.98 Å². The van der Waals surface area contributed by atoms with Gasteiger partial charge in [-0.05, 0) is 29.8 Å². The number of para-hydroxylation sites is 1. The summed E-state index contributed by atoms with van der Waals surface area (Å²) in [6.45, 7) is 1.52. The summed E-state index contributed by atoms with van der Waals surface area (Å²) in [5, 5.41) is 6.34. The van der Waals surface area contributed by atoms with Crippen LogP contribution in [0.4, 0.5) is 5.95 Å². The van der Waals surface area contributed by atoms with Gasteiger partial charge in [-0.1, -0.05) is 24.3 Å². The maximum Gasteiger partial charge on any atom is 0.260 e. The third-order valence-electron chi connectivity index (χ3n) is 4.60. The number of anilines is 1. The molecule has 2 aromatic carbocycles. The van der Waals surface area contributed by atoms with Crippen LogP contribution < -0.4 is 16.2 Å². The van der Waals surface area contributed by atoms with Crippen molar-refractivity contribution in [2.24, 2.45) is 0 Å². The molecule has 2 amide bonds. The number of nitrogens with one attached hydrogen (secondary N) is 3. The van der Waals surface area contributed by atoms with E-state index in [1.54, 1.807) is 30.3 Å². The van der Waals surface area contributed by atoms with Gasteiger partial charge in [-0.3, -0.25) is 19.4 Å². The number of hydrogen-bond donors (Lipinski definition) is 3. The fraction of sp³-hybridized carbons (Fsp3) is 0.200. The van der Waals surface area contributed by atoms with Crippen molar-refractivity contribution in [3.05, 3.63) is 70.0 Å². The third kappa shape index (κ3) is 3.71. The molecule has 1 saturated heterocycles. The zero-order valence-electron chi connectivity index (χ0n) is 15.1. The number of aromatic nitrogens is 2. The van der Waals surface area contributed by atoms with Crippen LogP contribution in [0.2, 0.25) is 0 Å². The highest BCUT2D eigenvalue weighted by Crippen LogP contribution is 2.11. The van der Waals surface area contributed by atoms with Crippen LogP contribution in [0.3, 0.4) is 0 Å². The Bertz CT molecular complexity index is 1090. The summed E-state index contributed by atoms with van der Waals surface area (Å²) in [6.07, 6.45) is 0. The van der Waals surface area contributed by atoms with Gasteiger partial charge in [0.2, 0.25) is 11.9 Å². The average molecular weight is 377 g/mol. The lowest BCUT2D eigenvalue weighted by atomic mass is 10.1. The normalized spacial score (nSPS) is 14.0. The molecule has 1 aliphatic heterocycles. The first-order chi connectivity index (χ1) is 13.6. The van der Waals surface area contributed by atoms with Crippen LogP contribution in [0.25, 0.3) is 10.9 Å². The van der Waals surface area contributed by atoms with E-state index in [0.29, 0.717) is 42.0 Å². The van der Waals surface area contributed by atoms with Crippen LogP contribution >= 0.6 is 0 Å². The summed E-state index contributed by atoms with van der Waals surface area (Å²) in [6, 6.07) is 14.3. The number of hydrogen-bond acceptors (Lipinski definition) is 5. The number of piperazine rings is 1. The van der Waals surface area contributed by atoms with Gasteiger partial charge < -0.3 is 15.5 Å². The highest BCUT2D eigenvalue weighted by Gasteiger charge is 2.22. The van der Waals surface area contributed by atoms with Crippen molar-refractivity contribution in [3.8, 4) is 0 Å². The molecule has 0 aliphatic carbocycles. The van der Waals surface area contributed by atoms with Crippen molar-refractivity contribution in [1.29, 1.82) is 0 Å². The first kappa shape index (κ1) is 17.7. The second-order valence-corrected chi connectivity index (χ2v) is 6.56. The lowest BCUT2D eigenvalue weighted by Gasteiger charge is -2.26. The minimum Gasteiger partial charge on any atom is -0.353 e. The van der Waals surface area contributed by atoms with Crippen molar-refractivity contribution in [3.63, 3.8) is 0 Å². The molecule has 0 spiro atoms. The number of carbonyl (C=O) groups excluding carboxylic acids is 2. The van der Waals surface area contributed by atoms with Gasteiger partial charge >= 0.3 is 0 Å². The summed E-state index contributed by atoms with van der Waals surface area (Å²) in [5.74, 6) is 0.0929. The minimum absolute atomic E-state index is 0.0864. The molecule has 3 aromatic rings. The molecule has 1 fully saturated rings. The van der Waals surface area contributed by atoms with E-state index in [1.165, 1.54) is 4.90 Å². The van der Waals surface area contributed by atoms with E-state index < -0.39 is 0 Å². The van der Waals surface area contributed by atoms with Gasteiger partial charge in [0.1, 0.15) is 0 Å². The van der Waals surface area contributed by atoms with Gasteiger partial charge in [0.25, 0.3) is 11.5 Å². The molecule has 0 bridgehead atoms. The Balaban J connectivity index is 1.43. The molecular weight excluding hydrogens is 358 g/mol. The minimum atomic E-state index is -0.195. The standard InChI is InChI=1S/C20H19N5O3/c26-17-12-25(10-9-21-17)19(28)14-7-5-13(6-8-14)11-22-20-23-16-4-2-1-3-15(16)18(27)24-20/h1-8H,9-12H2,(H,21,26)(H2,22,23,24,27). The van der Waals surface area contributed by atoms with Crippen LogP contribution in [0, 0.1) is 0 Å². The summed E-state index contributed by atoms with van der Waals surface area (Å²) in [5.41, 5.74) is 1.90. The van der Waals surface area contributed by atoms with Crippen LogP contribution in [0.5, 0.6) is 0 Å². The van der Waals surface area contributed by atoms with Crippen molar-refractivity contribution >= 4 is 28.7 Å². The number of nitrogens with zero attached hydrogens (tertiary/aromatic N) is 2. The largest absolute Gasteiger partial charge is 0.353 e. The van der Waals surface area contributed by atoms with Crippen LogP contribution in [-0.2, 0) is 11.3 Å². The van der Waals surface area contributed by atoms with Crippen LogP contribution in [-0.4, -0.2) is 46.3 Å². The Labute approximate surface area is 160 Å². The fourth-order valence-corrected chi connectivity index (χ4v) is 3.12. The first-order valence-electron chi connectivity index (χ1n) is 8.98. The highest BCUT2D eigenvalue weighted by atomic mass is 16.2. The quantitative estimate of drug-likeness (QED) is 0.631. The number of aromatic amines is 1. The summed E-state index contributed by atoms with van der Waals surface area (Å²) in [4.78, 5) is 44.7. The molecule has 0 radical (unpaired) electrons. The van der Waals surface area contributed by atoms with E-state index in [-0.39, 0.29) is 23.9 Å². The molecule has 0 unspecified atom stereocenters. The molecule has 3 N–H and O–H groups in total. The van der Waals surface area contributed by atoms with E-state index in [0.717, 1.165) is 5.56 Å². The summed E-state index contributed by atoms with van der Waals surface area (Å²) in [7, 11) is 0. The average Bonchev–Trinajstić information content (AvgIpc) is 2.72. The Hall–Kier alpha value is -3.68. The molecule has 2 heterocycles. The molecule has 28 heavy (non-hydrogen) atoms. The van der Waals surface area contributed by atoms with E-state index in [9.17, 15) is 14.4 Å². The van der Waals surface area contributed by atoms with E-state index in [2.05, 4.69) is 20.6 Å². The Kier molecular flexibility index (Phi) is 4.76. The van der Waals surface area contributed by atoms with Gasteiger partial charge in [0.15, 0.2) is 0 Å². The number of H-pyrrole nitrogens is 1. The highest BCUT2D eigenvalue weighted by molar-refractivity contribution is 5.97. The maximum absolute atomic E-state index is 12.5. The maximum atomic E-state index is 12.5. The predicted octanol–water partition coefficient (Wildman–Crippen LogP) is 1.11. The molecule has 4 rings (SSSR count). The topological polar surface area (TPSA) is 107 Å². The van der Waals surface area contributed by atoms with Crippen LogP contribution in [0.1, 0.15) is 15.9 Å². The van der Waals surface area contributed by atoms with Gasteiger partial charge in [0, 0.05) is 25.2 Å². The number of amides is 2. The fourth-order valence-electron chi connectivity index (χ4n) is 3.12. The lowest BCUT2D eigenvalue weighted by Crippen LogP contribution is -2.49. The molecule has 0 atom stereocenters. The predicted molar refractivity (Wildman–Crippen MR) is 105 cm³/mol. The zero-order chi connectivity index (χ0) is 19.5. The third-order valence-corrected chi connectivity index (χ3v) is 4.60. The summed E-state index contributed by atoms with van der Waals surface area (Å²) < 4.78 is 0. The molecule has 1 aromatic heterocycles. The van der Waals surface area contributed by atoms with Crippen molar-refractivity contribution in [2.45, 2.75) is 6.54 Å². The van der Waals surface area contributed by atoms with Crippen LogP contribution in [0.15, 0.2) is 53.3 Å². The monoisotopic (exact) mass is 377 g/mol. The number of benzene rings is 2. The van der Waals surface area contributed by atoms with Crippen molar-refractivity contribution in [2.75, 3.05) is 25.0 Å². The second kappa shape index (κ2) is 7.51. The Morgan fingerprint density at radius 1 is 1.11 bits per heavy atom. The lowest BCUT2D eigenvalue weighted by molar-refractivity contribution is -0.123. The van der Waals surface area contributed by atoms with E-state index >= 15 is 0 Å². The van der Waals surface area contributed by atoms with Gasteiger partial charge in [0.05, 0.1) is 17.4 Å². The van der Waals surface area contributed by atoms with Crippen molar-refractivity contribution in [1.82, 2.24) is 20.2 Å². The van der Waals surface area contributed by atoms with Gasteiger partial charge in [-0.2, -0.15) is 0 Å². The van der Waals surface area contributed by atoms with E-state index in [1.807, 2.05) is 18.2 Å². The number of carbonyl (C=O) groups is 2. The molecule has 0 saturated carbocycles. The Morgan fingerprint density at radius 2 is 1.89 bits per heavy atom. The zero-order valence-corrected chi connectivity index (χ0v) is 15.1. The summed E-state index contributed by atoms with van der Waals surface area (Å²) >= 11 is 0. The molecule has 142 valence electrons. The SMILES string of the molecule is O=C1CN(C(=O)c2ccc(CNc3nc4ccccc4c(=O)[nH]3)cc2)CCN1. The number of fused-ring (bicyclic) bond motifs is 1. The molecule has 8 heteroatoms. The molecule has 1 aliphatic rings. The number of rotatable bonds is 4. The smallest absolute Gasteiger partial charge is 0.260 e. The molecule has 8 nitrogen and oxygen atoms in total. The second-order valence-electron chi connectivity index (χ2n) is 6.56. The molecular formula is C20H19N5O3. The Morgan fingerprint density at radius 3 is 2.68 bits per heavy atom. The first-order valence-corrected chi connectivity index (χ1v) is 8.98. The van der Waals surface area contributed by atoms with Gasteiger partial charge in [-0.15, -0.1) is 0 Å². The van der Waals surface area contributed by atoms with E-state index in [4.69, 9.17) is 0 Å².